The topological polar surface area (TPSA) is 20.3 Å². The molecule has 3 rings (SSSR count). The van der Waals surface area contributed by atoms with Crippen molar-refractivity contribution in [3.8, 4) is 0 Å². The van der Waals surface area contributed by atoms with Gasteiger partial charge in [0.2, 0.25) is 5.91 Å². The minimum atomic E-state index is -0.198. The van der Waals surface area contributed by atoms with Gasteiger partial charge in [0.1, 0.15) is 0 Å². The van der Waals surface area contributed by atoms with Crippen molar-refractivity contribution in [1.82, 2.24) is 4.90 Å². The van der Waals surface area contributed by atoms with E-state index in [2.05, 4.69) is 36.1 Å². The summed E-state index contributed by atoms with van der Waals surface area (Å²) < 4.78 is 0. The molecular weight excluding hydrogens is 246 g/mol. The fourth-order valence-electron chi connectivity index (χ4n) is 3.68. The lowest BCUT2D eigenvalue weighted by atomic mass is 9.63. The van der Waals surface area contributed by atoms with Crippen LogP contribution in [-0.2, 0) is 10.2 Å². The Morgan fingerprint density at radius 3 is 2.30 bits per heavy atom. The molecule has 108 valence electrons. The second kappa shape index (κ2) is 5.59. The number of rotatable bonds is 2. The predicted molar refractivity (Wildman–Crippen MR) is 81.8 cm³/mol. The molecule has 20 heavy (non-hydrogen) atoms. The van der Waals surface area contributed by atoms with E-state index in [1.165, 1.54) is 43.2 Å². The Kier molecular flexibility index (Phi) is 3.82. The fourth-order valence-corrected chi connectivity index (χ4v) is 3.68. The van der Waals surface area contributed by atoms with Crippen LogP contribution in [0.5, 0.6) is 0 Å². The summed E-state index contributed by atoms with van der Waals surface area (Å²) in [5.74, 6) is 0.399. The average Bonchev–Trinajstić information content (AvgIpc) is 2.66. The molecule has 1 amide bonds. The average molecular weight is 271 g/mol. The Morgan fingerprint density at radius 1 is 1.05 bits per heavy atom. The molecule has 0 N–H and O–H groups in total. The van der Waals surface area contributed by atoms with Crippen LogP contribution in [0.4, 0.5) is 0 Å². The summed E-state index contributed by atoms with van der Waals surface area (Å²) in [6.45, 7) is 4.05. The Balaban J connectivity index is 1.86. The van der Waals surface area contributed by atoms with Crippen LogP contribution >= 0.6 is 0 Å². The van der Waals surface area contributed by atoms with Crippen molar-refractivity contribution in [2.45, 2.75) is 57.3 Å². The summed E-state index contributed by atoms with van der Waals surface area (Å²) in [6.07, 6.45) is 8.17. The fraction of sp³-hybridized carbons (Fsp3) is 0.611. The highest BCUT2D eigenvalue weighted by Gasteiger charge is 2.47. The highest BCUT2D eigenvalue weighted by molar-refractivity contribution is 5.89. The van der Waals surface area contributed by atoms with Crippen LogP contribution in [0.2, 0.25) is 0 Å². The molecule has 1 aliphatic carbocycles. The first-order valence-corrected chi connectivity index (χ1v) is 8.09. The van der Waals surface area contributed by atoms with Crippen molar-refractivity contribution in [2.75, 3.05) is 13.1 Å². The zero-order valence-corrected chi connectivity index (χ0v) is 12.5. The van der Waals surface area contributed by atoms with E-state index in [4.69, 9.17) is 0 Å². The largest absolute Gasteiger partial charge is 0.342 e. The summed E-state index contributed by atoms with van der Waals surface area (Å²) in [6, 6.07) is 8.59. The monoisotopic (exact) mass is 271 g/mol. The lowest BCUT2D eigenvalue weighted by Crippen LogP contribution is -2.51. The smallest absolute Gasteiger partial charge is 0.233 e. The van der Waals surface area contributed by atoms with E-state index in [1.54, 1.807) is 0 Å². The van der Waals surface area contributed by atoms with E-state index in [0.29, 0.717) is 5.91 Å². The quantitative estimate of drug-likeness (QED) is 0.800. The van der Waals surface area contributed by atoms with Crippen LogP contribution in [0.1, 0.15) is 56.1 Å². The molecule has 1 aliphatic heterocycles. The van der Waals surface area contributed by atoms with Crippen molar-refractivity contribution in [3.63, 3.8) is 0 Å². The second-order valence-corrected chi connectivity index (χ2v) is 6.51. The molecule has 1 heterocycles. The first kappa shape index (κ1) is 13.7. The summed E-state index contributed by atoms with van der Waals surface area (Å²) >= 11 is 0. The zero-order valence-electron chi connectivity index (χ0n) is 12.5. The van der Waals surface area contributed by atoms with Gasteiger partial charge in [-0.25, -0.2) is 0 Å². The standard InChI is InChI=1S/C18H25NO/c1-15-8-6-9-16(14-15)18(10-7-11-18)17(20)19-12-4-2-3-5-13-19/h6,8-9,14H,2-5,7,10-13H2,1H3. The number of hydrogen-bond donors (Lipinski definition) is 0. The summed E-state index contributed by atoms with van der Waals surface area (Å²) in [4.78, 5) is 15.2. The number of carbonyl (C=O) groups excluding carboxylic acids is 1. The molecular formula is C18H25NO. The summed E-state index contributed by atoms with van der Waals surface area (Å²) in [5.41, 5.74) is 2.31. The van der Waals surface area contributed by atoms with Gasteiger partial charge in [-0.05, 0) is 38.2 Å². The van der Waals surface area contributed by atoms with Gasteiger partial charge in [-0.15, -0.1) is 0 Å². The van der Waals surface area contributed by atoms with Gasteiger partial charge in [-0.2, -0.15) is 0 Å². The third-order valence-corrected chi connectivity index (χ3v) is 5.08. The summed E-state index contributed by atoms with van der Waals surface area (Å²) in [5, 5.41) is 0. The number of likely N-dealkylation sites (tertiary alicyclic amines) is 1. The molecule has 1 aromatic rings. The molecule has 0 aromatic heterocycles. The van der Waals surface area contributed by atoms with Crippen molar-refractivity contribution >= 4 is 5.91 Å². The van der Waals surface area contributed by atoms with Gasteiger partial charge >= 0.3 is 0 Å². The number of aryl methyl sites for hydroxylation is 1. The van der Waals surface area contributed by atoms with E-state index in [1.807, 2.05) is 0 Å². The normalized spacial score (nSPS) is 21.9. The van der Waals surface area contributed by atoms with E-state index in [9.17, 15) is 4.79 Å². The molecule has 0 radical (unpaired) electrons. The number of amides is 1. The Morgan fingerprint density at radius 2 is 1.75 bits per heavy atom. The Bertz CT molecular complexity index is 482. The van der Waals surface area contributed by atoms with E-state index < -0.39 is 0 Å². The maximum Gasteiger partial charge on any atom is 0.233 e. The molecule has 1 saturated carbocycles. The van der Waals surface area contributed by atoms with Gasteiger partial charge in [0, 0.05) is 13.1 Å². The first-order chi connectivity index (χ1) is 9.72. The first-order valence-electron chi connectivity index (χ1n) is 8.09. The number of carbonyl (C=O) groups is 1. The highest BCUT2D eigenvalue weighted by atomic mass is 16.2. The molecule has 2 heteroatoms. The molecule has 2 fully saturated rings. The third kappa shape index (κ3) is 2.36. The van der Waals surface area contributed by atoms with E-state index >= 15 is 0 Å². The van der Waals surface area contributed by atoms with Crippen molar-refractivity contribution in [1.29, 1.82) is 0 Å². The SMILES string of the molecule is Cc1cccc(C2(C(=O)N3CCCCCC3)CCC2)c1. The van der Waals surface area contributed by atoms with Crippen molar-refractivity contribution in [2.24, 2.45) is 0 Å². The molecule has 0 atom stereocenters. The van der Waals surface area contributed by atoms with Crippen molar-refractivity contribution in [3.05, 3.63) is 35.4 Å². The molecule has 0 unspecified atom stereocenters. The van der Waals surface area contributed by atoms with Crippen LogP contribution in [0, 0.1) is 6.92 Å². The van der Waals surface area contributed by atoms with Crippen LogP contribution < -0.4 is 0 Å². The summed E-state index contributed by atoms with van der Waals surface area (Å²) in [7, 11) is 0. The van der Waals surface area contributed by atoms with Crippen LogP contribution in [0.25, 0.3) is 0 Å². The van der Waals surface area contributed by atoms with Gasteiger partial charge < -0.3 is 4.90 Å². The predicted octanol–water partition coefficient (Wildman–Crippen LogP) is 3.82. The van der Waals surface area contributed by atoms with Crippen LogP contribution in [-0.4, -0.2) is 23.9 Å². The lowest BCUT2D eigenvalue weighted by molar-refractivity contribution is -0.140. The number of nitrogens with zero attached hydrogens (tertiary/aromatic N) is 1. The minimum Gasteiger partial charge on any atom is -0.342 e. The molecule has 0 spiro atoms. The number of hydrogen-bond acceptors (Lipinski definition) is 1. The van der Waals surface area contributed by atoms with Gasteiger partial charge in [-0.3, -0.25) is 4.79 Å². The Labute approximate surface area is 122 Å². The third-order valence-electron chi connectivity index (χ3n) is 5.08. The van der Waals surface area contributed by atoms with E-state index in [0.717, 1.165) is 25.9 Å². The van der Waals surface area contributed by atoms with Gasteiger partial charge in [-0.1, -0.05) is 49.1 Å². The molecule has 1 saturated heterocycles. The lowest BCUT2D eigenvalue weighted by Gasteiger charge is -2.44. The minimum absolute atomic E-state index is 0.198. The maximum absolute atomic E-state index is 13.1. The second-order valence-electron chi connectivity index (χ2n) is 6.51. The molecule has 0 bridgehead atoms. The van der Waals surface area contributed by atoms with Gasteiger partial charge in [0.05, 0.1) is 5.41 Å². The van der Waals surface area contributed by atoms with E-state index in [-0.39, 0.29) is 5.41 Å². The van der Waals surface area contributed by atoms with Gasteiger partial charge in [0.15, 0.2) is 0 Å². The molecule has 2 nitrogen and oxygen atoms in total. The zero-order chi connectivity index (χ0) is 14.0. The van der Waals surface area contributed by atoms with Crippen LogP contribution in [0.15, 0.2) is 24.3 Å². The van der Waals surface area contributed by atoms with Crippen LogP contribution in [0.3, 0.4) is 0 Å². The highest BCUT2D eigenvalue weighted by Crippen LogP contribution is 2.45. The molecule has 1 aromatic carbocycles. The van der Waals surface area contributed by atoms with Gasteiger partial charge in [0.25, 0.3) is 0 Å². The number of benzene rings is 1. The Hall–Kier alpha value is -1.31. The maximum atomic E-state index is 13.1. The molecule has 2 aliphatic rings. The van der Waals surface area contributed by atoms with Crippen molar-refractivity contribution < 1.29 is 4.79 Å².